The minimum Gasteiger partial charge on any atom is -0.330 e. The Bertz CT molecular complexity index is 311. The molecule has 17 heavy (non-hydrogen) atoms. The van der Waals surface area contributed by atoms with Gasteiger partial charge < -0.3 is 10.6 Å². The molecule has 0 heterocycles. The molecule has 1 aromatic rings. The quantitative estimate of drug-likeness (QED) is 0.811. The smallest absolute Gasteiger partial charge is 0.0406 e. The molecule has 0 saturated heterocycles. The van der Waals surface area contributed by atoms with Gasteiger partial charge in [-0.25, -0.2) is 0 Å². The van der Waals surface area contributed by atoms with E-state index < -0.39 is 0 Å². The SMILES string of the molecule is CC(CN)CCN(C)CCc1ccc(Cl)cc1. The van der Waals surface area contributed by atoms with Gasteiger partial charge in [0.2, 0.25) is 0 Å². The molecule has 1 unspecified atom stereocenters. The van der Waals surface area contributed by atoms with Crippen molar-refractivity contribution in [1.82, 2.24) is 4.90 Å². The van der Waals surface area contributed by atoms with Crippen LogP contribution < -0.4 is 5.73 Å². The second-order valence-electron chi connectivity index (χ2n) is 4.81. The highest BCUT2D eigenvalue weighted by Crippen LogP contribution is 2.10. The van der Waals surface area contributed by atoms with E-state index in [-0.39, 0.29) is 0 Å². The molecule has 96 valence electrons. The topological polar surface area (TPSA) is 29.3 Å². The van der Waals surface area contributed by atoms with Crippen molar-refractivity contribution in [2.24, 2.45) is 11.7 Å². The lowest BCUT2D eigenvalue weighted by Crippen LogP contribution is -2.25. The number of likely N-dealkylation sites (N-methyl/N-ethyl adjacent to an activating group) is 1. The maximum absolute atomic E-state index is 5.85. The van der Waals surface area contributed by atoms with Crippen LogP contribution in [0, 0.1) is 5.92 Å². The number of nitrogens with zero attached hydrogens (tertiary/aromatic N) is 1. The molecule has 0 saturated carbocycles. The number of benzene rings is 1. The minimum absolute atomic E-state index is 0.619. The standard InChI is InChI=1S/C14H23ClN2/c1-12(11-16)7-9-17(2)10-8-13-3-5-14(15)6-4-13/h3-6,12H,7-11,16H2,1-2H3. The number of hydrogen-bond donors (Lipinski definition) is 1. The highest BCUT2D eigenvalue weighted by molar-refractivity contribution is 6.30. The van der Waals surface area contributed by atoms with Gasteiger partial charge in [-0.05, 0) is 56.6 Å². The number of hydrogen-bond acceptors (Lipinski definition) is 2. The van der Waals surface area contributed by atoms with E-state index in [9.17, 15) is 0 Å². The first kappa shape index (κ1) is 14.5. The second-order valence-corrected chi connectivity index (χ2v) is 5.25. The maximum atomic E-state index is 5.85. The third kappa shape index (κ3) is 6.06. The van der Waals surface area contributed by atoms with Crippen molar-refractivity contribution in [2.45, 2.75) is 19.8 Å². The molecule has 0 aliphatic rings. The first-order valence-corrected chi connectivity index (χ1v) is 6.62. The van der Waals surface area contributed by atoms with Crippen molar-refractivity contribution >= 4 is 11.6 Å². The van der Waals surface area contributed by atoms with Gasteiger partial charge in [-0.3, -0.25) is 0 Å². The molecule has 2 nitrogen and oxygen atoms in total. The monoisotopic (exact) mass is 254 g/mol. The highest BCUT2D eigenvalue weighted by Gasteiger charge is 2.03. The summed E-state index contributed by atoms with van der Waals surface area (Å²) in [5.74, 6) is 0.619. The van der Waals surface area contributed by atoms with E-state index in [1.165, 1.54) is 12.0 Å². The molecule has 0 amide bonds. The van der Waals surface area contributed by atoms with Crippen LogP contribution in [-0.2, 0) is 6.42 Å². The van der Waals surface area contributed by atoms with E-state index in [1.807, 2.05) is 12.1 Å². The zero-order valence-electron chi connectivity index (χ0n) is 10.8. The molecular weight excluding hydrogens is 232 g/mol. The van der Waals surface area contributed by atoms with E-state index in [1.54, 1.807) is 0 Å². The molecule has 3 heteroatoms. The number of rotatable bonds is 7. The van der Waals surface area contributed by atoms with Crippen molar-refractivity contribution in [1.29, 1.82) is 0 Å². The predicted octanol–water partition coefficient (Wildman–Crippen LogP) is 2.80. The Morgan fingerprint density at radius 3 is 2.47 bits per heavy atom. The Balaban J connectivity index is 2.23. The first-order chi connectivity index (χ1) is 8.11. The van der Waals surface area contributed by atoms with Crippen LogP contribution in [0.4, 0.5) is 0 Å². The minimum atomic E-state index is 0.619. The lowest BCUT2D eigenvalue weighted by Gasteiger charge is -2.18. The van der Waals surface area contributed by atoms with Crippen LogP contribution in [0.5, 0.6) is 0 Å². The molecule has 0 aliphatic carbocycles. The van der Waals surface area contributed by atoms with E-state index in [0.717, 1.165) is 31.1 Å². The summed E-state index contributed by atoms with van der Waals surface area (Å²) in [4.78, 5) is 2.36. The van der Waals surface area contributed by atoms with Gasteiger partial charge in [-0.1, -0.05) is 30.7 Å². The van der Waals surface area contributed by atoms with Gasteiger partial charge in [0.15, 0.2) is 0 Å². The molecular formula is C14H23ClN2. The lowest BCUT2D eigenvalue weighted by atomic mass is 10.1. The van der Waals surface area contributed by atoms with Crippen molar-refractivity contribution in [3.8, 4) is 0 Å². The van der Waals surface area contributed by atoms with Gasteiger partial charge in [-0.15, -0.1) is 0 Å². The highest BCUT2D eigenvalue weighted by atomic mass is 35.5. The fraction of sp³-hybridized carbons (Fsp3) is 0.571. The van der Waals surface area contributed by atoms with Gasteiger partial charge in [0.1, 0.15) is 0 Å². The molecule has 0 fully saturated rings. The summed E-state index contributed by atoms with van der Waals surface area (Å²) in [6.45, 7) is 5.18. The molecule has 0 bridgehead atoms. The average Bonchev–Trinajstić information content (AvgIpc) is 2.35. The summed E-state index contributed by atoms with van der Waals surface area (Å²) >= 11 is 5.85. The Hall–Kier alpha value is -0.570. The van der Waals surface area contributed by atoms with Crippen molar-refractivity contribution < 1.29 is 0 Å². The van der Waals surface area contributed by atoms with Crippen LogP contribution in [0.1, 0.15) is 18.9 Å². The Kier molecular flexibility index (Phi) is 6.56. The van der Waals surface area contributed by atoms with Crippen molar-refractivity contribution in [2.75, 3.05) is 26.7 Å². The van der Waals surface area contributed by atoms with Crippen LogP contribution in [0.2, 0.25) is 5.02 Å². The molecule has 0 spiro atoms. The summed E-state index contributed by atoms with van der Waals surface area (Å²) < 4.78 is 0. The molecule has 1 aromatic carbocycles. The fourth-order valence-corrected chi connectivity index (χ4v) is 1.77. The Labute approximate surface area is 110 Å². The molecule has 0 aliphatic heterocycles. The lowest BCUT2D eigenvalue weighted by molar-refractivity contribution is 0.310. The largest absolute Gasteiger partial charge is 0.330 e. The second kappa shape index (κ2) is 7.70. The Morgan fingerprint density at radius 2 is 1.88 bits per heavy atom. The zero-order chi connectivity index (χ0) is 12.7. The fourth-order valence-electron chi connectivity index (χ4n) is 1.64. The third-order valence-corrected chi connectivity index (χ3v) is 3.35. The normalized spacial score (nSPS) is 13.0. The van der Waals surface area contributed by atoms with E-state index in [0.29, 0.717) is 5.92 Å². The summed E-state index contributed by atoms with van der Waals surface area (Å²) in [5.41, 5.74) is 6.95. The summed E-state index contributed by atoms with van der Waals surface area (Å²) in [6.07, 6.45) is 2.25. The van der Waals surface area contributed by atoms with E-state index in [4.69, 9.17) is 17.3 Å². The zero-order valence-corrected chi connectivity index (χ0v) is 11.6. The van der Waals surface area contributed by atoms with E-state index in [2.05, 4.69) is 31.0 Å². The van der Waals surface area contributed by atoms with Gasteiger partial charge in [0.25, 0.3) is 0 Å². The number of nitrogens with two attached hydrogens (primary N) is 1. The summed E-state index contributed by atoms with van der Waals surface area (Å²) in [6, 6.07) is 8.10. The molecule has 2 N–H and O–H groups in total. The average molecular weight is 255 g/mol. The third-order valence-electron chi connectivity index (χ3n) is 3.10. The summed E-state index contributed by atoms with van der Waals surface area (Å²) in [5, 5.41) is 0.805. The van der Waals surface area contributed by atoms with Crippen LogP contribution in [0.3, 0.4) is 0 Å². The van der Waals surface area contributed by atoms with Gasteiger partial charge in [-0.2, -0.15) is 0 Å². The van der Waals surface area contributed by atoms with Crippen molar-refractivity contribution in [3.63, 3.8) is 0 Å². The predicted molar refractivity (Wildman–Crippen MR) is 75.5 cm³/mol. The van der Waals surface area contributed by atoms with Crippen LogP contribution in [-0.4, -0.2) is 31.6 Å². The van der Waals surface area contributed by atoms with Crippen LogP contribution in [0.15, 0.2) is 24.3 Å². The Morgan fingerprint density at radius 1 is 1.24 bits per heavy atom. The molecule has 1 atom stereocenters. The van der Waals surface area contributed by atoms with Gasteiger partial charge >= 0.3 is 0 Å². The van der Waals surface area contributed by atoms with E-state index >= 15 is 0 Å². The maximum Gasteiger partial charge on any atom is 0.0406 e. The van der Waals surface area contributed by atoms with Crippen LogP contribution in [0.25, 0.3) is 0 Å². The van der Waals surface area contributed by atoms with Crippen LogP contribution >= 0.6 is 11.6 Å². The molecule has 1 rings (SSSR count). The van der Waals surface area contributed by atoms with Gasteiger partial charge in [0, 0.05) is 11.6 Å². The first-order valence-electron chi connectivity index (χ1n) is 6.25. The van der Waals surface area contributed by atoms with Gasteiger partial charge in [0.05, 0.1) is 0 Å². The number of halogens is 1. The molecule has 0 aromatic heterocycles. The summed E-state index contributed by atoms with van der Waals surface area (Å²) in [7, 11) is 2.17. The molecule has 0 radical (unpaired) electrons. The van der Waals surface area contributed by atoms with Crippen molar-refractivity contribution in [3.05, 3.63) is 34.9 Å².